The second kappa shape index (κ2) is 10.2. The van der Waals surface area contributed by atoms with E-state index in [2.05, 4.69) is 15.6 Å². The first kappa shape index (κ1) is 23.1. The summed E-state index contributed by atoms with van der Waals surface area (Å²) in [6.45, 7) is 2.99. The lowest BCUT2D eigenvalue weighted by atomic mass is 9.99. The summed E-state index contributed by atoms with van der Waals surface area (Å²) in [6.07, 6.45) is 1.24. The largest absolute Gasteiger partial charge is 0.376 e. The van der Waals surface area contributed by atoms with E-state index in [9.17, 15) is 14.0 Å². The Morgan fingerprint density at radius 3 is 2.55 bits per heavy atom. The number of carbonyl (C=O) groups is 2. The Morgan fingerprint density at radius 1 is 1.12 bits per heavy atom. The molecule has 8 heteroatoms. The van der Waals surface area contributed by atoms with Crippen molar-refractivity contribution in [2.75, 3.05) is 13.7 Å². The number of hydroxylamine groups is 1. The van der Waals surface area contributed by atoms with E-state index in [1.165, 1.54) is 19.2 Å². The van der Waals surface area contributed by atoms with Crippen molar-refractivity contribution in [2.45, 2.75) is 32.4 Å². The van der Waals surface area contributed by atoms with Crippen molar-refractivity contribution in [3.8, 4) is 0 Å². The fourth-order valence-corrected chi connectivity index (χ4v) is 5.22. The van der Waals surface area contributed by atoms with Gasteiger partial charge in [0.2, 0.25) is 0 Å². The number of rotatable bonds is 7. The van der Waals surface area contributed by atoms with Gasteiger partial charge in [0.25, 0.3) is 11.8 Å². The van der Waals surface area contributed by atoms with Crippen LogP contribution in [0.5, 0.6) is 0 Å². The molecule has 0 fully saturated rings. The summed E-state index contributed by atoms with van der Waals surface area (Å²) in [6, 6.07) is 13.1. The van der Waals surface area contributed by atoms with Crippen LogP contribution in [0.15, 0.2) is 48.5 Å². The second-order valence-electron chi connectivity index (χ2n) is 7.86. The Balaban J connectivity index is 1.55. The maximum atomic E-state index is 13.4. The molecule has 0 saturated carbocycles. The smallest absolute Gasteiger partial charge is 0.274 e. The molecule has 0 spiro atoms. The minimum Gasteiger partial charge on any atom is -0.376 e. The van der Waals surface area contributed by atoms with E-state index >= 15 is 0 Å². The van der Waals surface area contributed by atoms with E-state index in [1.54, 1.807) is 35.6 Å². The monoisotopic (exact) mass is 468 g/mol. The summed E-state index contributed by atoms with van der Waals surface area (Å²) in [4.78, 5) is 31.9. The maximum Gasteiger partial charge on any atom is 0.274 e. The summed E-state index contributed by atoms with van der Waals surface area (Å²) >= 11 is 1.59. The van der Waals surface area contributed by atoms with Gasteiger partial charge in [-0.2, -0.15) is 0 Å². The molecule has 1 aliphatic rings. The molecule has 2 aromatic carbocycles. The molecule has 172 valence electrons. The first-order valence-corrected chi connectivity index (χ1v) is 11.5. The van der Waals surface area contributed by atoms with E-state index in [0.29, 0.717) is 37.2 Å². The molecule has 33 heavy (non-hydrogen) atoms. The van der Waals surface area contributed by atoms with Gasteiger partial charge < -0.3 is 10.1 Å². The third-order valence-corrected chi connectivity index (χ3v) is 6.82. The minimum atomic E-state index is -0.335. The van der Waals surface area contributed by atoms with Crippen LogP contribution in [0.2, 0.25) is 0 Å². The number of hydrogen-bond donors (Lipinski definition) is 2. The van der Waals surface area contributed by atoms with Crippen molar-refractivity contribution in [2.24, 2.45) is 0 Å². The van der Waals surface area contributed by atoms with Crippen molar-refractivity contribution in [3.05, 3.63) is 91.9 Å². The summed E-state index contributed by atoms with van der Waals surface area (Å²) < 4.78 is 18.9. The van der Waals surface area contributed by atoms with E-state index in [-0.39, 0.29) is 23.7 Å². The molecule has 0 saturated heterocycles. The topological polar surface area (TPSA) is 76.7 Å². The molecule has 1 atom stereocenters. The Hall–Kier alpha value is -3.07. The molecule has 6 nitrogen and oxygen atoms in total. The minimum absolute atomic E-state index is 0.139. The molecule has 4 rings (SSSR count). The van der Waals surface area contributed by atoms with Crippen LogP contribution in [0.1, 0.15) is 60.1 Å². The number of halogens is 1. The van der Waals surface area contributed by atoms with Crippen molar-refractivity contribution >= 4 is 23.2 Å². The predicted molar refractivity (Wildman–Crippen MR) is 124 cm³/mol. The zero-order chi connectivity index (χ0) is 23.4. The van der Waals surface area contributed by atoms with Crippen molar-refractivity contribution in [1.29, 1.82) is 0 Å². The molecule has 0 aliphatic carbocycles. The number of amides is 2. The van der Waals surface area contributed by atoms with Gasteiger partial charge in [-0.05, 0) is 54.3 Å². The summed E-state index contributed by atoms with van der Waals surface area (Å²) in [5, 5.41) is 3.10. The van der Waals surface area contributed by atoms with E-state index in [1.807, 2.05) is 19.1 Å². The number of hydrogen-bond acceptors (Lipinski definition) is 5. The van der Waals surface area contributed by atoms with E-state index < -0.39 is 0 Å². The van der Waals surface area contributed by atoms with Crippen LogP contribution >= 0.6 is 11.3 Å². The van der Waals surface area contributed by atoms with Gasteiger partial charge in [0.15, 0.2) is 0 Å². The normalized spacial score (nSPS) is 13.8. The quantitative estimate of drug-likeness (QED) is 0.506. The van der Waals surface area contributed by atoms with Crippen LogP contribution in [0.25, 0.3) is 0 Å². The molecule has 0 radical (unpaired) electrons. The predicted octanol–water partition coefficient (Wildman–Crippen LogP) is 4.33. The Morgan fingerprint density at radius 2 is 1.85 bits per heavy atom. The van der Waals surface area contributed by atoms with Gasteiger partial charge in [-0.15, -0.1) is 11.3 Å². The van der Waals surface area contributed by atoms with Gasteiger partial charge in [0.05, 0.1) is 31.9 Å². The fourth-order valence-electron chi connectivity index (χ4n) is 3.89. The lowest BCUT2D eigenvalue weighted by Crippen LogP contribution is -2.28. The van der Waals surface area contributed by atoms with Gasteiger partial charge in [-0.3, -0.25) is 14.4 Å². The van der Waals surface area contributed by atoms with Crippen molar-refractivity contribution in [3.63, 3.8) is 0 Å². The average Bonchev–Trinajstić information content (AvgIpc) is 3.18. The van der Waals surface area contributed by atoms with Crippen LogP contribution in [-0.2, 0) is 29.0 Å². The van der Waals surface area contributed by atoms with Crippen LogP contribution in [0.4, 0.5) is 4.39 Å². The number of thiophene rings is 1. The molecular weight excluding hydrogens is 443 g/mol. The Bertz CT molecular complexity index is 1140. The van der Waals surface area contributed by atoms with Crippen LogP contribution in [0.3, 0.4) is 0 Å². The highest BCUT2D eigenvalue weighted by atomic mass is 32.1. The van der Waals surface area contributed by atoms with Gasteiger partial charge in [-0.1, -0.05) is 24.3 Å². The maximum absolute atomic E-state index is 13.4. The molecular formula is C25H25FN2O4S. The average molecular weight is 469 g/mol. The summed E-state index contributed by atoms with van der Waals surface area (Å²) in [5.74, 6) is -0.756. The molecule has 3 aromatic rings. The molecule has 2 N–H and O–H groups in total. The highest BCUT2D eigenvalue weighted by molar-refractivity contribution is 7.12. The van der Waals surface area contributed by atoms with Crippen LogP contribution < -0.4 is 10.8 Å². The molecule has 0 bridgehead atoms. The first-order valence-electron chi connectivity index (χ1n) is 10.7. The zero-order valence-corrected chi connectivity index (χ0v) is 19.3. The molecule has 1 aliphatic heterocycles. The van der Waals surface area contributed by atoms with E-state index in [0.717, 1.165) is 26.4 Å². The highest BCUT2D eigenvalue weighted by Crippen LogP contribution is 2.34. The summed E-state index contributed by atoms with van der Waals surface area (Å²) in [7, 11) is 1.38. The zero-order valence-electron chi connectivity index (χ0n) is 18.4. The summed E-state index contributed by atoms with van der Waals surface area (Å²) in [5.41, 5.74) is 6.31. The van der Waals surface area contributed by atoms with Crippen molar-refractivity contribution in [1.82, 2.24) is 10.8 Å². The number of nitrogens with one attached hydrogen (secondary N) is 2. The van der Waals surface area contributed by atoms with Crippen LogP contribution in [0, 0.1) is 5.82 Å². The Kier molecular flexibility index (Phi) is 7.17. The SMILES string of the molecule is CONC(=O)c1ccc([C@H](C)NC(=O)c2c(Cc3ccc(F)cc3)sc3c2CCOC3)cc1. The van der Waals surface area contributed by atoms with Gasteiger partial charge in [0.1, 0.15) is 5.82 Å². The molecule has 0 unspecified atom stereocenters. The van der Waals surface area contributed by atoms with Gasteiger partial charge in [0, 0.05) is 21.7 Å². The number of carbonyl (C=O) groups excluding carboxylic acids is 2. The molecule has 2 heterocycles. The Labute approximate surface area is 195 Å². The van der Waals surface area contributed by atoms with Crippen LogP contribution in [-0.4, -0.2) is 25.5 Å². The standard InChI is InChI=1S/C25H25FN2O4S/c1-15(17-5-7-18(8-6-17)24(29)28-31-2)27-25(30)23-20-11-12-32-14-22(20)33-21(23)13-16-3-9-19(26)10-4-16/h3-10,15H,11-14H2,1-2H3,(H,27,30)(H,28,29)/t15-/m0/s1. The molecule has 2 amide bonds. The fraction of sp³-hybridized carbons (Fsp3) is 0.280. The van der Waals surface area contributed by atoms with Gasteiger partial charge in [-0.25, -0.2) is 9.87 Å². The number of fused-ring (bicyclic) bond motifs is 1. The number of ether oxygens (including phenoxy) is 1. The van der Waals surface area contributed by atoms with Crippen molar-refractivity contribution < 1.29 is 23.6 Å². The first-order chi connectivity index (χ1) is 16.0. The lowest BCUT2D eigenvalue weighted by Gasteiger charge is -2.18. The van der Waals surface area contributed by atoms with Gasteiger partial charge >= 0.3 is 0 Å². The third kappa shape index (κ3) is 5.30. The third-order valence-electron chi connectivity index (χ3n) is 5.61. The van der Waals surface area contributed by atoms with E-state index in [4.69, 9.17) is 4.74 Å². The number of benzene rings is 2. The second-order valence-corrected chi connectivity index (χ2v) is 9.05. The highest BCUT2D eigenvalue weighted by Gasteiger charge is 2.26. The molecule has 1 aromatic heterocycles. The lowest BCUT2D eigenvalue weighted by molar-refractivity contribution is 0.0537.